The SMILES string of the molecule is N#Cc1cccc(OCC(O)c2ccccc2)c1. The van der Waals surface area contributed by atoms with Crippen LogP contribution in [0.5, 0.6) is 5.75 Å². The molecule has 0 aliphatic carbocycles. The summed E-state index contributed by atoms with van der Waals surface area (Å²) >= 11 is 0. The van der Waals surface area contributed by atoms with E-state index in [2.05, 4.69) is 0 Å². The highest BCUT2D eigenvalue weighted by Gasteiger charge is 2.07. The molecule has 1 atom stereocenters. The summed E-state index contributed by atoms with van der Waals surface area (Å²) in [6.45, 7) is 0.166. The fourth-order valence-corrected chi connectivity index (χ4v) is 1.60. The number of aliphatic hydroxyl groups excluding tert-OH is 1. The molecule has 0 saturated carbocycles. The van der Waals surface area contributed by atoms with Crippen molar-refractivity contribution in [1.29, 1.82) is 5.26 Å². The normalized spacial score (nSPS) is 11.6. The van der Waals surface area contributed by atoms with Crippen molar-refractivity contribution in [3.63, 3.8) is 0 Å². The van der Waals surface area contributed by atoms with Gasteiger partial charge >= 0.3 is 0 Å². The molecular formula is C15H13NO2. The van der Waals surface area contributed by atoms with Gasteiger partial charge in [-0.15, -0.1) is 0 Å². The van der Waals surface area contributed by atoms with Crippen molar-refractivity contribution in [2.24, 2.45) is 0 Å². The molecule has 0 spiro atoms. The van der Waals surface area contributed by atoms with Crippen molar-refractivity contribution in [2.45, 2.75) is 6.10 Å². The predicted octanol–water partition coefficient (Wildman–Crippen LogP) is 2.67. The Bertz CT molecular complexity index is 546. The molecule has 18 heavy (non-hydrogen) atoms. The maximum atomic E-state index is 9.92. The van der Waals surface area contributed by atoms with E-state index in [0.717, 1.165) is 5.56 Å². The molecule has 2 aromatic rings. The Morgan fingerprint density at radius 1 is 1.11 bits per heavy atom. The number of rotatable bonds is 4. The summed E-state index contributed by atoms with van der Waals surface area (Å²) in [5, 5.41) is 18.7. The van der Waals surface area contributed by atoms with E-state index in [0.29, 0.717) is 11.3 Å². The summed E-state index contributed by atoms with van der Waals surface area (Å²) < 4.78 is 5.46. The first kappa shape index (κ1) is 12.2. The van der Waals surface area contributed by atoms with Crippen LogP contribution in [0.1, 0.15) is 17.2 Å². The molecule has 0 fully saturated rings. The van der Waals surface area contributed by atoms with Crippen LogP contribution in [0.15, 0.2) is 54.6 Å². The second-order valence-electron chi connectivity index (χ2n) is 3.88. The Balaban J connectivity index is 1.97. The predicted molar refractivity (Wildman–Crippen MR) is 68.1 cm³/mol. The van der Waals surface area contributed by atoms with Crippen LogP contribution in [0.4, 0.5) is 0 Å². The standard InChI is InChI=1S/C15H13NO2/c16-10-12-5-4-8-14(9-12)18-11-15(17)13-6-2-1-3-7-13/h1-9,15,17H,11H2. The van der Waals surface area contributed by atoms with Crippen LogP contribution in [0.3, 0.4) is 0 Å². The molecule has 3 nitrogen and oxygen atoms in total. The minimum absolute atomic E-state index is 0.166. The van der Waals surface area contributed by atoms with Gasteiger partial charge < -0.3 is 9.84 Å². The molecule has 0 aliphatic heterocycles. The molecule has 2 aromatic carbocycles. The molecule has 1 unspecified atom stereocenters. The topological polar surface area (TPSA) is 53.2 Å². The van der Waals surface area contributed by atoms with E-state index in [4.69, 9.17) is 10.00 Å². The van der Waals surface area contributed by atoms with E-state index >= 15 is 0 Å². The minimum Gasteiger partial charge on any atom is -0.490 e. The van der Waals surface area contributed by atoms with Gasteiger partial charge in [-0.1, -0.05) is 36.4 Å². The van der Waals surface area contributed by atoms with E-state index in [9.17, 15) is 5.11 Å². The summed E-state index contributed by atoms with van der Waals surface area (Å²) in [7, 11) is 0. The second-order valence-corrected chi connectivity index (χ2v) is 3.88. The molecule has 0 heterocycles. The van der Waals surface area contributed by atoms with Gasteiger partial charge in [0.2, 0.25) is 0 Å². The summed E-state index contributed by atoms with van der Waals surface area (Å²) in [4.78, 5) is 0. The number of hydrogen-bond acceptors (Lipinski definition) is 3. The molecule has 0 aliphatic rings. The first-order chi connectivity index (χ1) is 8.79. The van der Waals surface area contributed by atoms with Crippen LogP contribution in [-0.2, 0) is 0 Å². The molecule has 2 rings (SSSR count). The van der Waals surface area contributed by atoms with Gasteiger partial charge in [0.25, 0.3) is 0 Å². The molecular weight excluding hydrogens is 226 g/mol. The molecule has 0 saturated heterocycles. The molecule has 90 valence electrons. The van der Waals surface area contributed by atoms with Crippen molar-refractivity contribution in [2.75, 3.05) is 6.61 Å². The van der Waals surface area contributed by atoms with Gasteiger partial charge in [0.05, 0.1) is 11.6 Å². The number of nitrogens with zero attached hydrogens (tertiary/aromatic N) is 1. The molecule has 1 N–H and O–H groups in total. The number of aliphatic hydroxyl groups is 1. The largest absolute Gasteiger partial charge is 0.490 e. The number of nitriles is 1. The monoisotopic (exact) mass is 239 g/mol. The minimum atomic E-state index is -0.669. The average molecular weight is 239 g/mol. The van der Waals surface area contributed by atoms with Crippen molar-refractivity contribution < 1.29 is 9.84 Å². The lowest BCUT2D eigenvalue weighted by Crippen LogP contribution is -2.09. The highest BCUT2D eigenvalue weighted by atomic mass is 16.5. The van der Waals surface area contributed by atoms with Gasteiger partial charge in [-0.2, -0.15) is 5.26 Å². The average Bonchev–Trinajstić information content (AvgIpc) is 2.46. The van der Waals surface area contributed by atoms with Gasteiger partial charge in [-0.25, -0.2) is 0 Å². The van der Waals surface area contributed by atoms with Gasteiger partial charge in [0.1, 0.15) is 18.5 Å². The van der Waals surface area contributed by atoms with Crippen molar-refractivity contribution in [3.05, 3.63) is 65.7 Å². The fraction of sp³-hybridized carbons (Fsp3) is 0.133. The van der Waals surface area contributed by atoms with E-state index in [1.54, 1.807) is 24.3 Å². The zero-order chi connectivity index (χ0) is 12.8. The third kappa shape index (κ3) is 3.09. The highest BCUT2D eigenvalue weighted by molar-refractivity contribution is 5.36. The Morgan fingerprint density at radius 2 is 1.89 bits per heavy atom. The van der Waals surface area contributed by atoms with E-state index < -0.39 is 6.10 Å². The first-order valence-electron chi connectivity index (χ1n) is 5.65. The van der Waals surface area contributed by atoms with E-state index in [-0.39, 0.29) is 6.61 Å². The van der Waals surface area contributed by atoms with Crippen LogP contribution in [0.2, 0.25) is 0 Å². The van der Waals surface area contributed by atoms with E-state index in [1.165, 1.54) is 0 Å². The molecule has 0 bridgehead atoms. The number of hydrogen-bond donors (Lipinski definition) is 1. The van der Waals surface area contributed by atoms with Gasteiger partial charge in [0, 0.05) is 0 Å². The van der Waals surface area contributed by atoms with Crippen molar-refractivity contribution >= 4 is 0 Å². The maximum absolute atomic E-state index is 9.92. The smallest absolute Gasteiger partial charge is 0.120 e. The second kappa shape index (κ2) is 5.85. The lowest BCUT2D eigenvalue weighted by Gasteiger charge is -2.12. The molecule has 0 amide bonds. The first-order valence-corrected chi connectivity index (χ1v) is 5.65. The van der Waals surface area contributed by atoms with Crippen LogP contribution < -0.4 is 4.74 Å². The molecule has 0 aromatic heterocycles. The Kier molecular flexibility index (Phi) is 3.95. The number of ether oxygens (including phenoxy) is 1. The summed E-state index contributed by atoms with van der Waals surface area (Å²) in [5.41, 5.74) is 1.36. The fourth-order valence-electron chi connectivity index (χ4n) is 1.60. The van der Waals surface area contributed by atoms with Crippen molar-refractivity contribution in [3.8, 4) is 11.8 Å². The third-order valence-corrected chi connectivity index (χ3v) is 2.56. The molecule has 3 heteroatoms. The Labute approximate surface area is 106 Å². The lowest BCUT2D eigenvalue weighted by atomic mass is 10.1. The zero-order valence-electron chi connectivity index (χ0n) is 9.78. The van der Waals surface area contributed by atoms with Gasteiger partial charge in [-0.05, 0) is 23.8 Å². The maximum Gasteiger partial charge on any atom is 0.120 e. The number of benzene rings is 2. The molecule has 0 radical (unpaired) electrons. The quantitative estimate of drug-likeness (QED) is 0.892. The van der Waals surface area contributed by atoms with Gasteiger partial charge in [0.15, 0.2) is 0 Å². The van der Waals surface area contributed by atoms with Crippen LogP contribution in [0, 0.1) is 11.3 Å². The Hall–Kier alpha value is -2.31. The summed E-state index contributed by atoms with van der Waals surface area (Å²) in [5.74, 6) is 0.587. The third-order valence-electron chi connectivity index (χ3n) is 2.56. The lowest BCUT2D eigenvalue weighted by molar-refractivity contribution is 0.108. The van der Waals surface area contributed by atoms with E-state index in [1.807, 2.05) is 36.4 Å². The van der Waals surface area contributed by atoms with Crippen LogP contribution in [-0.4, -0.2) is 11.7 Å². The Morgan fingerprint density at radius 3 is 2.61 bits per heavy atom. The summed E-state index contributed by atoms with van der Waals surface area (Å²) in [6, 6.07) is 18.2. The summed E-state index contributed by atoms with van der Waals surface area (Å²) in [6.07, 6.45) is -0.669. The van der Waals surface area contributed by atoms with Crippen LogP contribution >= 0.6 is 0 Å². The van der Waals surface area contributed by atoms with Crippen LogP contribution in [0.25, 0.3) is 0 Å². The van der Waals surface area contributed by atoms with Crippen molar-refractivity contribution in [1.82, 2.24) is 0 Å². The zero-order valence-corrected chi connectivity index (χ0v) is 9.78. The highest BCUT2D eigenvalue weighted by Crippen LogP contribution is 2.17. The van der Waals surface area contributed by atoms with Gasteiger partial charge in [-0.3, -0.25) is 0 Å².